The molecule has 0 atom stereocenters. The molecule has 0 aliphatic carbocycles. The summed E-state index contributed by atoms with van der Waals surface area (Å²) >= 11 is 0.300. The Kier molecular flexibility index (Phi) is 27.2. The average Bonchev–Trinajstić information content (AvgIpc) is 1.66. The zero-order valence-electron chi connectivity index (χ0n) is 4.25. The third-order valence-corrected chi connectivity index (χ3v) is 0. The average molecular weight is 265 g/mol. The van der Waals surface area contributed by atoms with Gasteiger partial charge in [0.2, 0.25) is 15.8 Å². The van der Waals surface area contributed by atoms with Crippen LogP contribution in [0.15, 0.2) is 0 Å². The summed E-state index contributed by atoms with van der Waals surface area (Å²) in [7, 11) is -6.74. The predicted octanol–water partition coefficient (Wildman–Crippen LogP) is -1.25. The molecule has 10 heavy (non-hydrogen) atoms. The fourth-order valence-electron chi connectivity index (χ4n) is 0. The van der Waals surface area contributed by atoms with Gasteiger partial charge in [0.25, 0.3) is 0 Å². The van der Waals surface area contributed by atoms with E-state index in [-0.39, 0.29) is 0 Å². The van der Waals surface area contributed by atoms with Crippen molar-refractivity contribution < 1.29 is 55.6 Å². The van der Waals surface area contributed by atoms with Gasteiger partial charge < -0.3 is 9.79 Å². The number of hydrogen-bond acceptors (Lipinski definition) is 7. The van der Waals surface area contributed by atoms with Gasteiger partial charge in [-0.25, -0.2) is 0 Å². The molecule has 0 aromatic heterocycles. The van der Waals surface area contributed by atoms with E-state index in [1.807, 2.05) is 0 Å². The van der Waals surface area contributed by atoms with Crippen molar-refractivity contribution in [1.82, 2.24) is 0 Å². The molecule has 0 heterocycles. The molecule has 0 aliphatic rings. The van der Waals surface area contributed by atoms with Gasteiger partial charge in [-0.3, -0.25) is 18.3 Å². The van der Waals surface area contributed by atoms with Crippen LogP contribution in [0.1, 0.15) is 0 Å². The molecule has 0 aromatic carbocycles. The summed E-state index contributed by atoms with van der Waals surface area (Å²) in [6.45, 7) is 0. The van der Waals surface area contributed by atoms with Gasteiger partial charge in [0.05, 0.1) is 0 Å². The molecule has 0 fully saturated rings. The Morgan fingerprint density at radius 2 is 0.800 bits per heavy atom. The van der Waals surface area contributed by atoms with E-state index in [0.29, 0.717) is 24.7 Å². The minimum absolute atomic E-state index is 0.300. The van der Waals surface area contributed by atoms with E-state index in [0.717, 1.165) is 0 Å². The van der Waals surface area contributed by atoms with Crippen molar-refractivity contribution in [2.45, 2.75) is 0 Å². The first-order valence-corrected chi connectivity index (χ1v) is 4.49. The molecule has 0 rings (SSSR count). The van der Waals surface area contributed by atoms with Crippen LogP contribution in [0.25, 0.3) is 0 Å². The van der Waals surface area contributed by atoms with Gasteiger partial charge in [0.1, 0.15) is 0 Å². The monoisotopic (exact) mass is 264 g/mol. The van der Waals surface area contributed by atoms with Gasteiger partial charge in [0, 0.05) is 0 Å². The summed E-state index contributed by atoms with van der Waals surface area (Å²) in [5.74, 6) is 0. The first-order chi connectivity index (χ1) is 4.46. The molecule has 0 radical (unpaired) electrons. The van der Waals surface area contributed by atoms with E-state index in [2.05, 4.69) is 0 Å². The van der Waals surface area contributed by atoms with Crippen molar-refractivity contribution in [2.24, 2.45) is 0 Å². The fraction of sp³-hybridized carbons (Fsp3) is 0. The summed E-state index contributed by atoms with van der Waals surface area (Å²) < 4.78 is 42.3. The molecule has 0 N–H and O–H groups in total. The van der Waals surface area contributed by atoms with Crippen molar-refractivity contribution in [3.63, 3.8) is 0 Å². The molecule has 0 unspecified atom stereocenters. The quantitative estimate of drug-likeness (QED) is 0.499. The fourth-order valence-corrected chi connectivity index (χ4v) is 0. The van der Waals surface area contributed by atoms with E-state index in [1.165, 1.54) is 0 Å². The zero-order valence-corrected chi connectivity index (χ0v) is 8.50. The van der Waals surface area contributed by atoms with Crippen molar-refractivity contribution in [1.29, 1.82) is 0 Å². The summed E-state index contributed by atoms with van der Waals surface area (Å²) in [5.41, 5.74) is 0. The van der Waals surface area contributed by atoms with Gasteiger partial charge in [-0.05, 0) is 0 Å². The van der Waals surface area contributed by atoms with Gasteiger partial charge in [-0.1, -0.05) is 0 Å². The van der Waals surface area contributed by atoms with Gasteiger partial charge in [-0.2, -0.15) is 0 Å². The molecule has 0 aliphatic heterocycles. The standard InChI is InChI=1S/2HO3P.O.Zr/c2*1-4(2)3;;/h2*(H,1,2,3);;/q;;;+2/p-2. The van der Waals surface area contributed by atoms with Crippen LogP contribution < -0.4 is 9.79 Å². The molecule has 56 valence electrons. The predicted molar refractivity (Wildman–Crippen MR) is 17.3 cm³/mol. The Hall–Kier alpha value is 0.403. The molecule has 7 nitrogen and oxygen atoms in total. The second-order valence-corrected chi connectivity index (χ2v) is 1.34. The Balaban J connectivity index is -0.0000000787. The molecule has 0 spiro atoms. The molecule has 0 saturated carbocycles. The maximum absolute atomic E-state index is 8.48. The Bertz CT molecular complexity index is 140. The molecule has 10 heteroatoms. The summed E-state index contributed by atoms with van der Waals surface area (Å²) in [6.07, 6.45) is 0. The summed E-state index contributed by atoms with van der Waals surface area (Å²) in [5, 5.41) is 0. The van der Waals surface area contributed by atoms with Gasteiger partial charge in [0.15, 0.2) is 0 Å². The molecular weight excluding hydrogens is 265 g/mol. The van der Waals surface area contributed by atoms with E-state index < -0.39 is 15.8 Å². The van der Waals surface area contributed by atoms with Crippen LogP contribution in [0.4, 0.5) is 0 Å². The van der Waals surface area contributed by atoms with E-state index in [9.17, 15) is 0 Å². The van der Waals surface area contributed by atoms with E-state index in [4.69, 9.17) is 30.9 Å². The zero-order chi connectivity index (χ0) is 9.15. The van der Waals surface area contributed by atoms with E-state index in [1.54, 1.807) is 0 Å². The van der Waals surface area contributed by atoms with Crippen LogP contribution in [0.5, 0.6) is 0 Å². The molecule has 0 aromatic rings. The second-order valence-electron chi connectivity index (χ2n) is 0.447. The van der Waals surface area contributed by atoms with Crippen molar-refractivity contribution in [3.05, 3.63) is 0 Å². The third kappa shape index (κ3) is 2830. The van der Waals surface area contributed by atoms with E-state index >= 15 is 0 Å². The first kappa shape index (κ1) is 16.8. The summed E-state index contributed by atoms with van der Waals surface area (Å²) in [6, 6.07) is 0. The maximum atomic E-state index is 8.48. The second kappa shape index (κ2) is 16.2. The summed E-state index contributed by atoms with van der Waals surface area (Å²) in [4.78, 5) is 17.0. The Labute approximate surface area is 71.5 Å². The molecule has 0 saturated heterocycles. The SMILES string of the molecule is O=P(=O)[O-].O=P(=O)[O-].[O]=[Zr+2]. The van der Waals surface area contributed by atoms with Gasteiger partial charge in [-0.15, -0.1) is 0 Å². The van der Waals surface area contributed by atoms with Crippen LogP contribution in [-0.4, -0.2) is 0 Å². The Morgan fingerprint density at radius 3 is 0.800 bits per heavy atom. The van der Waals surface area contributed by atoms with Crippen LogP contribution in [0.2, 0.25) is 0 Å². The van der Waals surface area contributed by atoms with Crippen molar-refractivity contribution in [2.75, 3.05) is 0 Å². The molecular formula is O7P2Zr. The molecule has 0 amide bonds. The topological polar surface area (TPSA) is 131 Å². The van der Waals surface area contributed by atoms with Crippen molar-refractivity contribution in [3.8, 4) is 0 Å². The van der Waals surface area contributed by atoms with Crippen LogP contribution in [-0.2, 0) is 45.8 Å². The first-order valence-electron chi connectivity index (χ1n) is 1.30. The van der Waals surface area contributed by atoms with Crippen molar-refractivity contribution >= 4 is 15.8 Å². The number of hydrogen-bond donors (Lipinski definition) is 0. The van der Waals surface area contributed by atoms with Crippen LogP contribution in [0.3, 0.4) is 0 Å². The number of rotatable bonds is 0. The minimum atomic E-state index is -3.37. The van der Waals surface area contributed by atoms with Crippen LogP contribution >= 0.6 is 15.8 Å². The van der Waals surface area contributed by atoms with Crippen LogP contribution in [0, 0.1) is 0 Å². The third-order valence-electron chi connectivity index (χ3n) is 0. The normalized spacial score (nSPS) is 5.60. The Morgan fingerprint density at radius 1 is 0.800 bits per heavy atom. The molecule has 0 bridgehead atoms. The van der Waals surface area contributed by atoms with Gasteiger partial charge >= 0.3 is 27.5 Å².